The highest BCUT2D eigenvalue weighted by atomic mass is 16.3. The summed E-state index contributed by atoms with van der Waals surface area (Å²) < 4.78 is 12.4. The number of fused-ring (bicyclic) bond motifs is 10. The van der Waals surface area contributed by atoms with Crippen LogP contribution in [0.4, 0.5) is 0 Å². The van der Waals surface area contributed by atoms with Gasteiger partial charge in [0.05, 0.1) is 10.9 Å². The summed E-state index contributed by atoms with van der Waals surface area (Å²) in [6.07, 6.45) is 0. The van der Waals surface area contributed by atoms with Crippen LogP contribution in [0.5, 0.6) is 0 Å². The number of benzene rings is 4. The van der Waals surface area contributed by atoms with Gasteiger partial charge in [-0.05, 0) is 36.4 Å². The number of nitrogens with one attached hydrogen (secondary N) is 1. The van der Waals surface area contributed by atoms with Crippen LogP contribution >= 0.6 is 0 Å². The van der Waals surface area contributed by atoms with Crippen LogP contribution in [0.3, 0.4) is 0 Å². The summed E-state index contributed by atoms with van der Waals surface area (Å²) >= 11 is 0. The lowest BCUT2D eigenvalue weighted by Gasteiger charge is -1.94. The molecule has 0 atom stereocenters. The number of para-hydroxylation sites is 2. The Hall–Kier alpha value is -3.72. The quantitative estimate of drug-likeness (QED) is 0.317. The van der Waals surface area contributed by atoms with E-state index < -0.39 is 0 Å². The second kappa shape index (κ2) is 4.51. The number of rotatable bonds is 0. The zero-order valence-corrected chi connectivity index (χ0v) is 14.2. The fraction of sp³-hybridized carbons (Fsp3) is 0. The molecule has 7 rings (SSSR count). The molecule has 0 amide bonds. The van der Waals surface area contributed by atoms with Crippen LogP contribution in [0.1, 0.15) is 0 Å². The van der Waals surface area contributed by atoms with Crippen molar-refractivity contribution >= 4 is 65.7 Å². The predicted octanol–water partition coefficient (Wildman–Crippen LogP) is 7.12. The molecule has 0 aliphatic rings. The fourth-order valence-corrected chi connectivity index (χ4v) is 4.39. The molecule has 3 nitrogen and oxygen atoms in total. The van der Waals surface area contributed by atoms with Crippen molar-refractivity contribution in [2.45, 2.75) is 0 Å². The number of furan rings is 2. The monoisotopic (exact) mass is 347 g/mol. The van der Waals surface area contributed by atoms with Crippen LogP contribution in [0.2, 0.25) is 0 Å². The molecule has 1 N–H and O–H groups in total. The van der Waals surface area contributed by atoms with E-state index in [1.807, 2.05) is 30.3 Å². The Labute approximate surface area is 152 Å². The number of hydrogen-bond donors (Lipinski definition) is 1. The van der Waals surface area contributed by atoms with Crippen LogP contribution in [-0.4, -0.2) is 4.98 Å². The summed E-state index contributed by atoms with van der Waals surface area (Å²) in [6, 6.07) is 25.0. The lowest BCUT2D eigenvalue weighted by Crippen LogP contribution is -1.70. The molecule has 3 heteroatoms. The van der Waals surface area contributed by atoms with Gasteiger partial charge in [0.1, 0.15) is 22.3 Å². The van der Waals surface area contributed by atoms with Crippen molar-refractivity contribution in [3.63, 3.8) is 0 Å². The third-order valence-corrected chi connectivity index (χ3v) is 5.60. The second-order valence-electron chi connectivity index (χ2n) is 7.08. The van der Waals surface area contributed by atoms with E-state index in [-0.39, 0.29) is 0 Å². The molecule has 27 heavy (non-hydrogen) atoms. The summed E-state index contributed by atoms with van der Waals surface area (Å²) in [6.45, 7) is 0. The lowest BCUT2D eigenvalue weighted by atomic mass is 10.1. The van der Waals surface area contributed by atoms with E-state index in [0.29, 0.717) is 0 Å². The highest BCUT2D eigenvalue weighted by molar-refractivity contribution is 6.25. The van der Waals surface area contributed by atoms with Crippen molar-refractivity contribution in [3.8, 4) is 0 Å². The van der Waals surface area contributed by atoms with E-state index in [4.69, 9.17) is 8.83 Å². The highest BCUT2D eigenvalue weighted by Crippen LogP contribution is 2.40. The average molecular weight is 347 g/mol. The topological polar surface area (TPSA) is 42.1 Å². The molecular weight excluding hydrogens is 334 g/mol. The van der Waals surface area contributed by atoms with Gasteiger partial charge in [-0.2, -0.15) is 0 Å². The van der Waals surface area contributed by atoms with E-state index in [1.165, 1.54) is 0 Å². The minimum atomic E-state index is 0.901. The summed E-state index contributed by atoms with van der Waals surface area (Å²) in [7, 11) is 0. The minimum absolute atomic E-state index is 0.901. The number of H-pyrrole nitrogens is 1. The van der Waals surface area contributed by atoms with Gasteiger partial charge in [-0.3, -0.25) is 0 Å². The highest BCUT2D eigenvalue weighted by Gasteiger charge is 2.16. The minimum Gasteiger partial charge on any atom is -0.456 e. The van der Waals surface area contributed by atoms with Crippen molar-refractivity contribution in [2.75, 3.05) is 0 Å². The van der Waals surface area contributed by atoms with Gasteiger partial charge >= 0.3 is 0 Å². The fourth-order valence-electron chi connectivity index (χ4n) is 4.39. The predicted molar refractivity (Wildman–Crippen MR) is 110 cm³/mol. The smallest absolute Gasteiger partial charge is 0.145 e. The van der Waals surface area contributed by atoms with Gasteiger partial charge in [0, 0.05) is 32.4 Å². The normalized spacial score (nSPS) is 12.4. The molecule has 0 saturated carbocycles. The van der Waals surface area contributed by atoms with Crippen LogP contribution < -0.4 is 0 Å². The molecule has 0 saturated heterocycles. The first-order valence-electron chi connectivity index (χ1n) is 9.04. The molecule has 3 heterocycles. The maximum atomic E-state index is 6.25. The molecule has 0 unspecified atom stereocenters. The molecule has 0 aliphatic carbocycles. The van der Waals surface area contributed by atoms with Gasteiger partial charge in [-0.25, -0.2) is 0 Å². The van der Waals surface area contributed by atoms with Crippen molar-refractivity contribution in [1.82, 2.24) is 4.98 Å². The molecule has 0 radical (unpaired) electrons. The lowest BCUT2D eigenvalue weighted by molar-refractivity contribution is 0.669. The van der Waals surface area contributed by atoms with Crippen molar-refractivity contribution in [3.05, 3.63) is 72.8 Å². The van der Waals surface area contributed by atoms with Crippen LogP contribution in [-0.2, 0) is 0 Å². The third kappa shape index (κ3) is 1.62. The molecule has 0 aliphatic heterocycles. The number of aromatic amines is 1. The van der Waals surface area contributed by atoms with Gasteiger partial charge in [0.25, 0.3) is 0 Å². The van der Waals surface area contributed by atoms with Gasteiger partial charge in [-0.1, -0.05) is 36.4 Å². The molecule has 0 fully saturated rings. The van der Waals surface area contributed by atoms with E-state index in [1.54, 1.807) is 0 Å². The summed E-state index contributed by atoms with van der Waals surface area (Å²) in [4.78, 5) is 3.56. The Balaban J connectivity index is 1.72. The molecule has 0 bridgehead atoms. The Kier molecular flexibility index (Phi) is 2.25. The Bertz CT molecular complexity index is 1680. The largest absolute Gasteiger partial charge is 0.456 e. The Morgan fingerprint density at radius 3 is 2.11 bits per heavy atom. The van der Waals surface area contributed by atoms with Gasteiger partial charge in [-0.15, -0.1) is 0 Å². The molecule has 126 valence electrons. The molecule has 4 aromatic carbocycles. The van der Waals surface area contributed by atoms with E-state index in [2.05, 4.69) is 47.4 Å². The van der Waals surface area contributed by atoms with Gasteiger partial charge in [0.15, 0.2) is 0 Å². The van der Waals surface area contributed by atoms with Gasteiger partial charge in [0.2, 0.25) is 0 Å². The van der Waals surface area contributed by atoms with Crippen LogP contribution in [0.25, 0.3) is 65.7 Å². The number of aromatic nitrogens is 1. The SMILES string of the molecule is c1ccc2c(c1)oc1cc3c(cc12)[nH]c1ccc2c4ccccc4oc2c13. The van der Waals surface area contributed by atoms with Crippen molar-refractivity contribution in [1.29, 1.82) is 0 Å². The van der Waals surface area contributed by atoms with Crippen LogP contribution in [0, 0.1) is 0 Å². The van der Waals surface area contributed by atoms with Crippen molar-refractivity contribution < 1.29 is 8.83 Å². The first kappa shape index (κ1) is 13.5. The van der Waals surface area contributed by atoms with Crippen molar-refractivity contribution in [2.24, 2.45) is 0 Å². The first-order valence-corrected chi connectivity index (χ1v) is 9.04. The molecular formula is C24H13NO2. The Morgan fingerprint density at radius 1 is 0.519 bits per heavy atom. The first-order chi connectivity index (χ1) is 13.4. The van der Waals surface area contributed by atoms with Crippen LogP contribution in [0.15, 0.2) is 81.6 Å². The summed E-state index contributed by atoms with van der Waals surface area (Å²) in [5, 5.41) is 6.80. The Morgan fingerprint density at radius 2 is 1.26 bits per heavy atom. The average Bonchev–Trinajstić information content (AvgIpc) is 3.36. The maximum absolute atomic E-state index is 6.25. The zero-order valence-electron chi connectivity index (χ0n) is 14.2. The molecule has 3 aromatic heterocycles. The standard InChI is InChI=1S/C24H13NO2/c1-4-8-21-13(5-1)15-9-10-18-23(24(15)27-21)17-12-22-16(11-19(17)25-18)14-6-2-3-7-20(14)26-22/h1-12,25H. The van der Waals surface area contributed by atoms with E-state index in [9.17, 15) is 0 Å². The maximum Gasteiger partial charge on any atom is 0.145 e. The number of hydrogen-bond acceptors (Lipinski definition) is 2. The zero-order chi connectivity index (χ0) is 17.5. The van der Waals surface area contributed by atoms with E-state index in [0.717, 1.165) is 65.7 Å². The second-order valence-corrected chi connectivity index (χ2v) is 7.08. The molecule has 0 spiro atoms. The third-order valence-electron chi connectivity index (χ3n) is 5.60. The molecule has 7 aromatic rings. The van der Waals surface area contributed by atoms with E-state index >= 15 is 0 Å². The van der Waals surface area contributed by atoms with Gasteiger partial charge < -0.3 is 13.8 Å². The summed E-state index contributed by atoms with van der Waals surface area (Å²) in [5.74, 6) is 0. The summed E-state index contributed by atoms with van der Waals surface area (Å²) in [5.41, 5.74) is 5.83.